The Morgan fingerprint density at radius 2 is 2.07 bits per heavy atom. The lowest BCUT2D eigenvalue weighted by atomic mass is 9.95. The highest BCUT2D eigenvalue weighted by atomic mass is 32.1. The molecule has 10 nitrogen and oxygen atoms in total. The van der Waals surface area contributed by atoms with Gasteiger partial charge in [-0.25, -0.2) is 9.97 Å². The van der Waals surface area contributed by atoms with Gasteiger partial charge in [0.25, 0.3) is 5.91 Å². The van der Waals surface area contributed by atoms with Gasteiger partial charge >= 0.3 is 0 Å². The number of hydrogen-bond donors (Lipinski definition) is 6. The van der Waals surface area contributed by atoms with E-state index in [1.807, 2.05) is 0 Å². The number of amides is 1. The average Bonchev–Trinajstić information content (AvgIpc) is 3.36. The fourth-order valence-electron chi connectivity index (χ4n) is 3.13. The first-order valence-electron chi connectivity index (χ1n) is 8.48. The summed E-state index contributed by atoms with van der Waals surface area (Å²) in [4.78, 5) is 23.6. The molecule has 0 aliphatic carbocycles. The predicted octanol–water partition coefficient (Wildman–Crippen LogP) is -0.213. The molecule has 148 valence electrons. The van der Waals surface area contributed by atoms with Crippen molar-refractivity contribution in [1.29, 1.82) is 0 Å². The van der Waals surface area contributed by atoms with Crippen LogP contribution in [-0.2, 0) is 4.74 Å². The first-order valence-corrected chi connectivity index (χ1v) is 9.42. The summed E-state index contributed by atoms with van der Waals surface area (Å²) in [6.45, 7) is -0.531. The first kappa shape index (κ1) is 18.9. The molecule has 4 rings (SSSR count). The van der Waals surface area contributed by atoms with Gasteiger partial charge in [-0.2, -0.15) is 0 Å². The van der Waals surface area contributed by atoms with Crippen LogP contribution < -0.4 is 5.32 Å². The molecule has 1 aromatic carbocycles. The zero-order valence-corrected chi connectivity index (χ0v) is 15.2. The van der Waals surface area contributed by atoms with E-state index in [0.717, 1.165) is 0 Å². The van der Waals surface area contributed by atoms with Crippen LogP contribution >= 0.6 is 11.3 Å². The van der Waals surface area contributed by atoms with Gasteiger partial charge in [-0.05, 0) is 12.1 Å². The minimum atomic E-state index is -1.51. The van der Waals surface area contributed by atoms with Gasteiger partial charge in [0.15, 0.2) is 0 Å². The Morgan fingerprint density at radius 1 is 1.25 bits per heavy atom. The van der Waals surface area contributed by atoms with Crippen LogP contribution in [0.25, 0.3) is 11.0 Å². The molecule has 5 atom stereocenters. The molecule has 11 heteroatoms. The topological polar surface area (TPSA) is 161 Å². The SMILES string of the molecule is O=C(Nc1cccc2[nH]c([C@@H]3O[C@H](CO)[C@@H](O)[C@H](O)[C@H]3O)nc12)c1cscn1. The lowest BCUT2D eigenvalue weighted by Crippen LogP contribution is -2.55. The number of para-hydroxylation sites is 1. The standard InChI is InChI=1S/C17H18N4O6S/c22-4-10-12(23)13(24)14(25)15(27-10)16-19-7-2-1-3-8(11(7)21-16)20-17(26)9-5-28-6-18-9/h1-3,5-6,10,12-15,22-25H,4H2,(H,19,21)(H,20,26)/t10-,12-,13+,14-,15-/m1/s1. The van der Waals surface area contributed by atoms with Crippen LogP contribution in [0.5, 0.6) is 0 Å². The van der Waals surface area contributed by atoms with Crippen molar-refractivity contribution >= 4 is 34.0 Å². The number of H-pyrrole nitrogens is 1. The van der Waals surface area contributed by atoms with E-state index in [0.29, 0.717) is 16.7 Å². The fourth-order valence-corrected chi connectivity index (χ4v) is 3.66. The molecule has 2 aromatic heterocycles. The predicted molar refractivity (Wildman–Crippen MR) is 98.9 cm³/mol. The normalized spacial score (nSPS) is 27.8. The van der Waals surface area contributed by atoms with E-state index < -0.39 is 37.1 Å². The Labute approximate surface area is 162 Å². The zero-order chi connectivity index (χ0) is 19.8. The number of benzene rings is 1. The number of carbonyl (C=O) groups excluding carboxylic acids is 1. The molecule has 0 spiro atoms. The average molecular weight is 406 g/mol. The summed E-state index contributed by atoms with van der Waals surface area (Å²) in [5.74, 6) is -0.187. The number of thiazole rings is 1. The highest BCUT2D eigenvalue weighted by molar-refractivity contribution is 7.07. The third-order valence-corrected chi connectivity index (χ3v) is 5.19. The van der Waals surface area contributed by atoms with Crippen molar-refractivity contribution in [3.63, 3.8) is 0 Å². The van der Waals surface area contributed by atoms with Crippen LogP contribution in [-0.4, -0.2) is 72.3 Å². The van der Waals surface area contributed by atoms with Crippen molar-refractivity contribution in [3.05, 3.63) is 40.6 Å². The van der Waals surface area contributed by atoms with Crippen molar-refractivity contribution in [2.24, 2.45) is 0 Å². The maximum Gasteiger partial charge on any atom is 0.275 e. The van der Waals surface area contributed by atoms with Crippen LogP contribution in [0.1, 0.15) is 22.4 Å². The number of rotatable bonds is 4. The molecule has 0 radical (unpaired) electrons. The number of aliphatic hydroxyl groups is 4. The number of carbonyl (C=O) groups is 1. The van der Waals surface area contributed by atoms with Gasteiger partial charge < -0.3 is 35.5 Å². The van der Waals surface area contributed by atoms with Crippen molar-refractivity contribution in [3.8, 4) is 0 Å². The Kier molecular flexibility index (Phi) is 5.10. The van der Waals surface area contributed by atoms with Gasteiger partial charge in [-0.1, -0.05) is 6.07 Å². The van der Waals surface area contributed by atoms with E-state index in [2.05, 4.69) is 20.3 Å². The summed E-state index contributed by atoms with van der Waals surface area (Å²) in [5.41, 5.74) is 3.27. The molecule has 6 N–H and O–H groups in total. The minimum absolute atomic E-state index is 0.197. The van der Waals surface area contributed by atoms with Crippen LogP contribution in [0.2, 0.25) is 0 Å². The number of aliphatic hydroxyl groups excluding tert-OH is 4. The van der Waals surface area contributed by atoms with Crippen LogP contribution in [0.4, 0.5) is 5.69 Å². The highest BCUT2D eigenvalue weighted by Gasteiger charge is 2.45. The van der Waals surface area contributed by atoms with E-state index in [1.54, 1.807) is 29.1 Å². The van der Waals surface area contributed by atoms with Crippen molar-refractivity contribution < 1.29 is 30.0 Å². The summed E-state index contributed by atoms with van der Waals surface area (Å²) < 4.78 is 5.53. The van der Waals surface area contributed by atoms with Gasteiger partial charge in [0.05, 0.1) is 23.3 Å². The summed E-state index contributed by atoms with van der Waals surface area (Å²) in [6.07, 6.45) is -6.54. The number of anilines is 1. The summed E-state index contributed by atoms with van der Waals surface area (Å²) in [6, 6.07) is 5.12. The molecular weight excluding hydrogens is 388 g/mol. The Bertz CT molecular complexity index is 975. The second-order valence-corrected chi connectivity index (χ2v) is 7.12. The van der Waals surface area contributed by atoms with E-state index in [4.69, 9.17) is 4.74 Å². The van der Waals surface area contributed by atoms with Crippen LogP contribution in [0, 0.1) is 0 Å². The summed E-state index contributed by atoms with van der Waals surface area (Å²) in [7, 11) is 0. The molecule has 0 unspecified atom stereocenters. The Morgan fingerprint density at radius 3 is 2.79 bits per heavy atom. The number of nitrogens with one attached hydrogen (secondary N) is 2. The quantitative estimate of drug-likeness (QED) is 0.347. The van der Waals surface area contributed by atoms with Crippen LogP contribution in [0.15, 0.2) is 29.1 Å². The molecule has 0 saturated carbocycles. The Balaban J connectivity index is 1.65. The van der Waals surface area contributed by atoms with Gasteiger partial charge in [-0.3, -0.25) is 4.79 Å². The third kappa shape index (κ3) is 3.28. The van der Waals surface area contributed by atoms with Crippen molar-refractivity contribution in [2.75, 3.05) is 11.9 Å². The third-order valence-electron chi connectivity index (χ3n) is 4.61. The van der Waals surface area contributed by atoms with Crippen molar-refractivity contribution in [1.82, 2.24) is 15.0 Å². The Hall–Kier alpha value is -2.41. The molecule has 1 fully saturated rings. The molecule has 1 aliphatic rings. The van der Waals surface area contributed by atoms with E-state index >= 15 is 0 Å². The maximum atomic E-state index is 12.3. The number of ether oxygens (including phenoxy) is 1. The summed E-state index contributed by atoms with van der Waals surface area (Å²) in [5, 5.41) is 43.9. The second-order valence-electron chi connectivity index (χ2n) is 6.40. The molecule has 3 aromatic rings. The molecule has 28 heavy (non-hydrogen) atoms. The highest BCUT2D eigenvalue weighted by Crippen LogP contribution is 2.33. The van der Waals surface area contributed by atoms with E-state index in [1.165, 1.54) is 11.3 Å². The molecule has 1 amide bonds. The first-order chi connectivity index (χ1) is 13.5. The number of aromatic amines is 1. The smallest absolute Gasteiger partial charge is 0.275 e. The molecule has 1 aliphatic heterocycles. The number of hydrogen-bond acceptors (Lipinski definition) is 9. The molecule has 0 bridgehead atoms. The minimum Gasteiger partial charge on any atom is -0.394 e. The van der Waals surface area contributed by atoms with Gasteiger partial charge in [0.1, 0.15) is 47.6 Å². The number of aromatic nitrogens is 3. The van der Waals surface area contributed by atoms with E-state index in [9.17, 15) is 25.2 Å². The summed E-state index contributed by atoms with van der Waals surface area (Å²) >= 11 is 1.31. The van der Waals surface area contributed by atoms with E-state index in [-0.39, 0.29) is 17.4 Å². The van der Waals surface area contributed by atoms with Crippen molar-refractivity contribution in [2.45, 2.75) is 30.5 Å². The van der Waals surface area contributed by atoms with Gasteiger partial charge in [-0.15, -0.1) is 11.3 Å². The molecule has 1 saturated heterocycles. The second kappa shape index (κ2) is 7.54. The van der Waals surface area contributed by atoms with Crippen LogP contribution in [0.3, 0.4) is 0 Å². The number of imidazole rings is 1. The monoisotopic (exact) mass is 406 g/mol. The molecule has 3 heterocycles. The lowest BCUT2D eigenvalue weighted by Gasteiger charge is -2.39. The molecular formula is C17H18N4O6S. The van der Waals surface area contributed by atoms with Gasteiger partial charge in [0.2, 0.25) is 0 Å². The fraction of sp³-hybridized carbons (Fsp3) is 0.353. The number of nitrogens with zero attached hydrogens (tertiary/aromatic N) is 2. The zero-order valence-electron chi connectivity index (χ0n) is 14.4. The largest absolute Gasteiger partial charge is 0.394 e. The number of fused-ring (bicyclic) bond motifs is 1. The van der Waals surface area contributed by atoms with Gasteiger partial charge in [0, 0.05) is 5.38 Å². The maximum absolute atomic E-state index is 12.3. The lowest BCUT2D eigenvalue weighted by molar-refractivity contribution is -0.233.